The van der Waals surface area contributed by atoms with E-state index in [1.165, 1.54) is 32.1 Å². The molecule has 0 aromatic carbocycles. The second kappa shape index (κ2) is 5.50. The van der Waals surface area contributed by atoms with Gasteiger partial charge >= 0.3 is 0 Å². The summed E-state index contributed by atoms with van der Waals surface area (Å²) in [6, 6.07) is 4.79. The fourth-order valence-corrected chi connectivity index (χ4v) is 2.68. The van der Waals surface area contributed by atoms with Gasteiger partial charge in [-0.3, -0.25) is 0 Å². The second-order valence-corrected chi connectivity index (χ2v) is 5.04. The lowest BCUT2D eigenvalue weighted by molar-refractivity contribution is 0.425. The van der Waals surface area contributed by atoms with E-state index in [1.807, 2.05) is 13.0 Å². The molecule has 1 fully saturated rings. The van der Waals surface area contributed by atoms with Crippen LogP contribution in [0.4, 0.5) is 5.82 Å². The Morgan fingerprint density at radius 3 is 2.65 bits per heavy atom. The molecule has 1 heterocycles. The molecule has 0 spiro atoms. The number of pyridine rings is 1. The maximum Gasteiger partial charge on any atom is 0.133 e. The predicted octanol–water partition coefficient (Wildman–Crippen LogP) is 2.62. The van der Waals surface area contributed by atoms with E-state index in [9.17, 15) is 0 Å². The van der Waals surface area contributed by atoms with Crippen molar-refractivity contribution in [3.8, 4) is 0 Å². The molecule has 0 bridgehead atoms. The van der Waals surface area contributed by atoms with Crippen molar-refractivity contribution < 1.29 is 0 Å². The lowest BCUT2D eigenvalue weighted by atomic mass is 9.94. The summed E-state index contributed by atoms with van der Waals surface area (Å²) in [6.07, 6.45) is 6.65. The summed E-state index contributed by atoms with van der Waals surface area (Å²) in [6.45, 7) is 2.61. The third-order valence-electron chi connectivity index (χ3n) is 3.77. The van der Waals surface area contributed by atoms with Gasteiger partial charge in [0, 0.05) is 30.9 Å². The van der Waals surface area contributed by atoms with Crippen molar-refractivity contribution in [3.05, 3.63) is 23.4 Å². The highest BCUT2D eigenvalue weighted by molar-refractivity contribution is 5.48. The average molecular weight is 233 g/mol. The van der Waals surface area contributed by atoms with Gasteiger partial charge in [-0.2, -0.15) is 0 Å². The van der Waals surface area contributed by atoms with Gasteiger partial charge in [0.15, 0.2) is 0 Å². The molecule has 1 saturated carbocycles. The predicted molar refractivity (Wildman–Crippen MR) is 72.1 cm³/mol. The van der Waals surface area contributed by atoms with E-state index in [-0.39, 0.29) is 0 Å². The molecule has 0 saturated heterocycles. The van der Waals surface area contributed by atoms with Crippen molar-refractivity contribution in [1.82, 2.24) is 4.98 Å². The molecule has 0 unspecified atom stereocenters. The number of nitrogens with two attached hydrogens (primary N) is 1. The summed E-state index contributed by atoms with van der Waals surface area (Å²) in [5, 5.41) is 0. The van der Waals surface area contributed by atoms with Gasteiger partial charge in [-0.1, -0.05) is 25.3 Å². The zero-order chi connectivity index (χ0) is 12.3. The Morgan fingerprint density at radius 1 is 1.29 bits per heavy atom. The van der Waals surface area contributed by atoms with Crippen molar-refractivity contribution in [1.29, 1.82) is 0 Å². The smallest absolute Gasteiger partial charge is 0.133 e. The van der Waals surface area contributed by atoms with Crippen molar-refractivity contribution in [3.63, 3.8) is 0 Å². The van der Waals surface area contributed by atoms with E-state index in [0.29, 0.717) is 12.6 Å². The Bertz CT molecular complexity index is 370. The van der Waals surface area contributed by atoms with E-state index in [0.717, 1.165) is 17.1 Å². The van der Waals surface area contributed by atoms with E-state index in [4.69, 9.17) is 5.73 Å². The Labute approximate surface area is 104 Å². The molecule has 0 aliphatic heterocycles. The van der Waals surface area contributed by atoms with Crippen molar-refractivity contribution in [2.24, 2.45) is 5.73 Å². The van der Waals surface area contributed by atoms with Crippen LogP contribution in [0, 0.1) is 6.92 Å². The summed E-state index contributed by atoms with van der Waals surface area (Å²) in [5.41, 5.74) is 8.03. The van der Waals surface area contributed by atoms with Crippen LogP contribution < -0.4 is 10.6 Å². The molecule has 1 aromatic rings. The fourth-order valence-electron chi connectivity index (χ4n) is 2.68. The molecule has 3 nitrogen and oxygen atoms in total. The average Bonchev–Trinajstić information content (AvgIpc) is 2.39. The van der Waals surface area contributed by atoms with Crippen LogP contribution in [0.25, 0.3) is 0 Å². The second-order valence-electron chi connectivity index (χ2n) is 5.04. The Morgan fingerprint density at radius 2 is 2.00 bits per heavy atom. The number of aryl methyl sites for hydroxylation is 1. The molecule has 1 aliphatic carbocycles. The van der Waals surface area contributed by atoms with Crippen LogP contribution in [0.5, 0.6) is 0 Å². The minimum absolute atomic E-state index is 0.569. The van der Waals surface area contributed by atoms with E-state index in [2.05, 4.69) is 23.0 Å². The SMILES string of the molecule is Cc1ccc(CN)c(N(C)C2CCCCC2)n1. The molecule has 2 rings (SSSR count). The molecule has 0 atom stereocenters. The zero-order valence-corrected chi connectivity index (χ0v) is 10.9. The minimum Gasteiger partial charge on any atom is -0.356 e. The molecule has 1 aromatic heterocycles. The maximum atomic E-state index is 5.80. The summed E-state index contributed by atoms with van der Waals surface area (Å²) < 4.78 is 0. The number of rotatable bonds is 3. The largest absolute Gasteiger partial charge is 0.356 e. The number of hydrogen-bond donors (Lipinski definition) is 1. The normalized spacial score (nSPS) is 17.1. The van der Waals surface area contributed by atoms with Gasteiger partial charge in [-0.15, -0.1) is 0 Å². The highest BCUT2D eigenvalue weighted by Gasteiger charge is 2.20. The summed E-state index contributed by atoms with van der Waals surface area (Å²) in [5.74, 6) is 1.08. The topological polar surface area (TPSA) is 42.1 Å². The van der Waals surface area contributed by atoms with Crippen LogP contribution in [0.1, 0.15) is 43.4 Å². The molecule has 0 radical (unpaired) electrons. The van der Waals surface area contributed by atoms with E-state index < -0.39 is 0 Å². The van der Waals surface area contributed by atoms with E-state index >= 15 is 0 Å². The highest BCUT2D eigenvalue weighted by Crippen LogP contribution is 2.27. The molecule has 2 N–H and O–H groups in total. The maximum absolute atomic E-state index is 5.80. The van der Waals surface area contributed by atoms with Gasteiger partial charge in [0.05, 0.1) is 0 Å². The fraction of sp³-hybridized carbons (Fsp3) is 0.643. The van der Waals surface area contributed by atoms with Crippen molar-refractivity contribution in [2.45, 2.75) is 51.6 Å². The number of hydrogen-bond acceptors (Lipinski definition) is 3. The van der Waals surface area contributed by atoms with Crippen LogP contribution in [-0.2, 0) is 6.54 Å². The molecular weight excluding hydrogens is 210 g/mol. The van der Waals surface area contributed by atoms with Gasteiger partial charge in [-0.05, 0) is 25.8 Å². The third-order valence-corrected chi connectivity index (χ3v) is 3.77. The Kier molecular flexibility index (Phi) is 4.00. The molecule has 0 amide bonds. The van der Waals surface area contributed by atoms with Crippen LogP contribution in [-0.4, -0.2) is 18.1 Å². The molecule has 94 valence electrons. The number of aromatic nitrogens is 1. The van der Waals surface area contributed by atoms with Crippen LogP contribution in [0.15, 0.2) is 12.1 Å². The van der Waals surface area contributed by atoms with Crippen LogP contribution in [0.2, 0.25) is 0 Å². The lowest BCUT2D eigenvalue weighted by Gasteiger charge is -2.33. The Balaban J connectivity index is 2.21. The number of nitrogens with zero attached hydrogens (tertiary/aromatic N) is 2. The quantitative estimate of drug-likeness (QED) is 0.872. The van der Waals surface area contributed by atoms with Gasteiger partial charge in [-0.25, -0.2) is 4.98 Å². The standard InChI is InChI=1S/C14H23N3/c1-11-8-9-12(10-15)14(16-11)17(2)13-6-4-3-5-7-13/h8-9,13H,3-7,10,15H2,1-2H3. The lowest BCUT2D eigenvalue weighted by Crippen LogP contribution is -2.35. The van der Waals surface area contributed by atoms with Crippen LogP contribution >= 0.6 is 0 Å². The zero-order valence-electron chi connectivity index (χ0n) is 10.9. The summed E-state index contributed by atoms with van der Waals surface area (Å²) in [7, 11) is 2.16. The minimum atomic E-state index is 0.569. The molecule has 17 heavy (non-hydrogen) atoms. The van der Waals surface area contributed by atoms with E-state index in [1.54, 1.807) is 0 Å². The first kappa shape index (κ1) is 12.4. The first-order chi connectivity index (χ1) is 8.22. The number of anilines is 1. The first-order valence-corrected chi connectivity index (χ1v) is 6.62. The van der Waals surface area contributed by atoms with Crippen LogP contribution in [0.3, 0.4) is 0 Å². The monoisotopic (exact) mass is 233 g/mol. The van der Waals surface area contributed by atoms with Gasteiger partial charge in [0.1, 0.15) is 5.82 Å². The van der Waals surface area contributed by atoms with Crippen molar-refractivity contribution >= 4 is 5.82 Å². The molecular formula is C14H23N3. The van der Waals surface area contributed by atoms with Gasteiger partial charge in [0.25, 0.3) is 0 Å². The summed E-state index contributed by atoms with van der Waals surface area (Å²) in [4.78, 5) is 7.01. The Hall–Kier alpha value is -1.09. The molecule has 1 aliphatic rings. The van der Waals surface area contributed by atoms with Crippen molar-refractivity contribution in [2.75, 3.05) is 11.9 Å². The highest BCUT2D eigenvalue weighted by atomic mass is 15.2. The van der Waals surface area contributed by atoms with Gasteiger partial charge in [0.2, 0.25) is 0 Å². The first-order valence-electron chi connectivity index (χ1n) is 6.62. The van der Waals surface area contributed by atoms with Gasteiger partial charge < -0.3 is 10.6 Å². The summed E-state index contributed by atoms with van der Waals surface area (Å²) >= 11 is 0. The molecule has 3 heteroatoms. The third kappa shape index (κ3) is 2.78.